The van der Waals surface area contributed by atoms with Crippen molar-refractivity contribution in [2.45, 2.75) is 64.3 Å². The van der Waals surface area contributed by atoms with Crippen LogP contribution in [-0.4, -0.2) is 13.9 Å². The summed E-state index contributed by atoms with van der Waals surface area (Å²) in [6.45, 7) is 8.00. The second-order valence-electron chi connectivity index (χ2n) is 5.16. The van der Waals surface area contributed by atoms with Crippen LogP contribution < -0.4 is 7.25 Å². The van der Waals surface area contributed by atoms with Crippen molar-refractivity contribution in [2.24, 2.45) is 0 Å². The fourth-order valence-electron chi connectivity index (χ4n) is 3.25. The molecule has 4 nitrogen and oxygen atoms in total. The zero-order valence-corrected chi connectivity index (χ0v) is 17.5. The van der Waals surface area contributed by atoms with Gasteiger partial charge in [0.15, 0.2) is 23.0 Å². The van der Waals surface area contributed by atoms with E-state index in [0.29, 0.717) is 11.3 Å². The van der Waals surface area contributed by atoms with E-state index in [-0.39, 0.29) is 17.6 Å². The molecule has 1 aromatic rings. The zero-order valence-electron chi connectivity index (χ0n) is 14.5. The van der Waals surface area contributed by atoms with Gasteiger partial charge in [-0.15, -0.1) is 0 Å². The molecule has 1 fully saturated rings. The molecule has 3 rings (SSSR count). The van der Waals surface area contributed by atoms with Crippen LogP contribution in [0.4, 0.5) is 13.2 Å². The van der Waals surface area contributed by atoms with E-state index in [1.807, 2.05) is 27.7 Å². The smallest absolute Gasteiger partial charge is 0.427 e. The standard InChI is InChI=1S/C12H10F3IO4S.2C2H6/c13-12(14,15)21(17,18)20-9-4-3-8(19-16)10-6-1-2-7(5-6)11(9)10;2*1-2/h3-4,6-7H,1-2,5H2;2*1-2H3. The monoisotopic (exact) mass is 494 g/mol. The van der Waals surface area contributed by atoms with Crippen molar-refractivity contribution < 1.29 is 28.8 Å². The van der Waals surface area contributed by atoms with Crippen LogP contribution in [0.2, 0.25) is 0 Å². The molecular weight excluding hydrogens is 472 g/mol. The number of fused-ring (bicyclic) bond motifs is 5. The normalized spacial score (nSPS) is 20.6. The van der Waals surface area contributed by atoms with Gasteiger partial charge in [-0.05, 0) is 43.2 Å². The lowest BCUT2D eigenvalue weighted by Gasteiger charge is -2.21. The minimum Gasteiger partial charge on any atom is -0.427 e. The first-order valence-electron chi connectivity index (χ1n) is 8.20. The van der Waals surface area contributed by atoms with E-state index in [0.717, 1.165) is 24.8 Å². The summed E-state index contributed by atoms with van der Waals surface area (Å²) in [5.74, 6) is 0.572. The highest BCUT2D eigenvalue weighted by atomic mass is 127. The van der Waals surface area contributed by atoms with Crippen molar-refractivity contribution in [1.29, 1.82) is 0 Å². The van der Waals surface area contributed by atoms with E-state index in [2.05, 4.69) is 4.18 Å². The predicted octanol–water partition coefficient (Wildman–Crippen LogP) is 6.06. The van der Waals surface area contributed by atoms with Crippen LogP contribution in [0.25, 0.3) is 0 Å². The second kappa shape index (κ2) is 8.79. The van der Waals surface area contributed by atoms with E-state index in [1.54, 1.807) is 23.0 Å². The van der Waals surface area contributed by atoms with E-state index < -0.39 is 15.6 Å². The van der Waals surface area contributed by atoms with Crippen molar-refractivity contribution in [3.8, 4) is 11.5 Å². The maximum Gasteiger partial charge on any atom is 0.534 e. The lowest BCUT2D eigenvalue weighted by Crippen LogP contribution is -2.28. The van der Waals surface area contributed by atoms with Gasteiger partial charge >= 0.3 is 15.6 Å². The lowest BCUT2D eigenvalue weighted by atomic mass is 9.90. The number of halogens is 4. The summed E-state index contributed by atoms with van der Waals surface area (Å²) in [5.41, 5.74) is -4.10. The molecule has 25 heavy (non-hydrogen) atoms. The topological polar surface area (TPSA) is 52.6 Å². The molecule has 2 unspecified atom stereocenters. The van der Waals surface area contributed by atoms with Crippen molar-refractivity contribution >= 4 is 33.1 Å². The quantitative estimate of drug-likeness (QED) is 0.291. The molecule has 0 amide bonds. The minimum atomic E-state index is -5.65. The molecule has 0 radical (unpaired) electrons. The van der Waals surface area contributed by atoms with Gasteiger partial charge in [0.1, 0.15) is 11.5 Å². The maximum absolute atomic E-state index is 12.5. The highest BCUT2D eigenvalue weighted by Crippen LogP contribution is 2.59. The molecule has 2 aliphatic carbocycles. The third-order valence-electron chi connectivity index (χ3n) is 4.02. The molecule has 0 saturated heterocycles. The Morgan fingerprint density at radius 2 is 1.44 bits per heavy atom. The average molecular weight is 494 g/mol. The van der Waals surface area contributed by atoms with Crippen LogP contribution in [0.1, 0.15) is 69.9 Å². The fraction of sp³-hybridized carbons (Fsp3) is 0.625. The van der Waals surface area contributed by atoms with Gasteiger partial charge < -0.3 is 7.25 Å². The molecule has 1 aromatic carbocycles. The second-order valence-corrected chi connectivity index (χ2v) is 7.13. The molecular formula is C16H22F3IO4S. The van der Waals surface area contributed by atoms with Gasteiger partial charge in [-0.25, -0.2) is 0 Å². The summed E-state index contributed by atoms with van der Waals surface area (Å²) < 4.78 is 69.4. The first-order valence-corrected chi connectivity index (χ1v) is 10.5. The fourth-order valence-corrected chi connectivity index (χ4v) is 4.11. The Labute approximate surface area is 160 Å². The molecule has 9 heteroatoms. The number of hydrogen-bond acceptors (Lipinski definition) is 4. The van der Waals surface area contributed by atoms with Crippen LogP contribution in [0, 0.1) is 0 Å². The molecule has 2 bridgehead atoms. The largest absolute Gasteiger partial charge is 0.534 e. The van der Waals surface area contributed by atoms with Gasteiger partial charge in [-0.1, -0.05) is 27.7 Å². The highest BCUT2D eigenvalue weighted by Gasteiger charge is 2.50. The summed E-state index contributed by atoms with van der Waals surface area (Å²) in [4.78, 5) is 0. The van der Waals surface area contributed by atoms with E-state index in [9.17, 15) is 21.6 Å². The summed E-state index contributed by atoms with van der Waals surface area (Å²) in [7, 11) is -5.65. The molecule has 0 heterocycles. The predicted molar refractivity (Wildman–Crippen MR) is 98.7 cm³/mol. The van der Waals surface area contributed by atoms with Gasteiger partial charge in [-0.2, -0.15) is 21.6 Å². The van der Waals surface area contributed by atoms with Crippen molar-refractivity contribution in [3.63, 3.8) is 0 Å². The van der Waals surface area contributed by atoms with Crippen LogP contribution in [-0.2, 0) is 10.1 Å². The third-order valence-corrected chi connectivity index (χ3v) is 5.46. The third kappa shape index (κ3) is 4.35. The van der Waals surface area contributed by atoms with Gasteiger partial charge in [0, 0.05) is 11.1 Å². The molecule has 2 aliphatic rings. The van der Waals surface area contributed by atoms with Gasteiger partial charge in [-0.3, -0.25) is 0 Å². The summed E-state index contributed by atoms with van der Waals surface area (Å²) in [6, 6.07) is 2.68. The summed E-state index contributed by atoms with van der Waals surface area (Å²) in [5, 5.41) is 0. The van der Waals surface area contributed by atoms with Crippen molar-refractivity contribution in [2.75, 3.05) is 0 Å². The molecule has 0 N–H and O–H groups in total. The first kappa shape index (κ1) is 22.3. The summed E-state index contributed by atoms with van der Waals surface area (Å²) >= 11 is 1.70. The Hall–Kier alpha value is -0.710. The van der Waals surface area contributed by atoms with Crippen LogP contribution in [0.5, 0.6) is 11.5 Å². The summed E-state index contributed by atoms with van der Waals surface area (Å²) in [6.07, 6.45) is 2.56. The average Bonchev–Trinajstić information content (AvgIpc) is 3.20. The molecule has 144 valence electrons. The van der Waals surface area contributed by atoms with Crippen molar-refractivity contribution in [3.05, 3.63) is 23.3 Å². The van der Waals surface area contributed by atoms with Crippen LogP contribution >= 0.6 is 23.0 Å². The number of benzene rings is 1. The highest BCUT2D eigenvalue weighted by molar-refractivity contribution is 14.1. The van der Waals surface area contributed by atoms with E-state index in [1.165, 1.54) is 12.1 Å². The maximum atomic E-state index is 12.5. The van der Waals surface area contributed by atoms with Crippen molar-refractivity contribution in [1.82, 2.24) is 0 Å². The molecule has 0 spiro atoms. The molecule has 0 aliphatic heterocycles. The lowest BCUT2D eigenvalue weighted by molar-refractivity contribution is -0.0500. The molecule has 0 aromatic heterocycles. The number of hydrogen-bond donors (Lipinski definition) is 0. The Morgan fingerprint density at radius 1 is 1.00 bits per heavy atom. The SMILES string of the molecule is CC.CC.O=S(=O)(Oc1ccc(OI)c2c1C1CCC2C1)C(F)(F)F. The zero-order chi connectivity index (χ0) is 19.4. The Bertz CT molecular complexity index is 689. The van der Waals surface area contributed by atoms with E-state index >= 15 is 0 Å². The van der Waals surface area contributed by atoms with Crippen LogP contribution in [0.15, 0.2) is 12.1 Å². The van der Waals surface area contributed by atoms with Gasteiger partial charge in [0.25, 0.3) is 0 Å². The van der Waals surface area contributed by atoms with Crippen LogP contribution in [0.3, 0.4) is 0 Å². The number of alkyl halides is 3. The molecule has 1 saturated carbocycles. The molecule has 2 atom stereocenters. The first-order chi connectivity index (χ1) is 11.7. The van der Waals surface area contributed by atoms with Gasteiger partial charge in [0.2, 0.25) is 0 Å². The Balaban J connectivity index is 0.000000730. The van der Waals surface area contributed by atoms with Gasteiger partial charge in [0.05, 0.1) is 0 Å². The Morgan fingerprint density at radius 3 is 1.88 bits per heavy atom. The minimum absolute atomic E-state index is 0.0370. The number of rotatable bonds is 3. The Kier molecular flexibility index (Phi) is 7.85. The van der Waals surface area contributed by atoms with E-state index in [4.69, 9.17) is 3.07 Å².